The number of ether oxygens (including phenoxy) is 3. The fourth-order valence-electron chi connectivity index (χ4n) is 5.57. The first-order valence-electron chi connectivity index (χ1n) is 13.2. The van der Waals surface area contributed by atoms with Gasteiger partial charge in [-0.15, -0.1) is 0 Å². The highest BCUT2D eigenvalue weighted by molar-refractivity contribution is 6.31. The molecule has 2 aromatic rings. The van der Waals surface area contributed by atoms with E-state index >= 15 is 0 Å². The van der Waals surface area contributed by atoms with Crippen LogP contribution in [0.25, 0.3) is 0 Å². The Balaban J connectivity index is 1.18. The summed E-state index contributed by atoms with van der Waals surface area (Å²) in [6.07, 6.45) is 5.69. The van der Waals surface area contributed by atoms with Crippen LogP contribution in [-0.4, -0.2) is 56.7 Å². The Hall–Kier alpha value is -3.00. The second kappa shape index (κ2) is 11.0. The lowest BCUT2D eigenvalue weighted by atomic mass is 9.59. The highest BCUT2D eigenvalue weighted by atomic mass is 35.5. The second-order valence-electron chi connectivity index (χ2n) is 10.7. The molecule has 2 aromatic carbocycles. The van der Waals surface area contributed by atoms with E-state index in [0.717, 1.165) is 25.7 Å². The Morgan fingerprint density at radius 1 is 1.03 bits per heavy atom. The first-order valence-corrected chi connectivity index (χ1v) is 13.6. The molecule has 1 N–H and O–H groups in total. The van der Waals surface area contributed by atoms with Gasteiger partial charge in [-0.2, -0.15) is 0 Å². The van der Waals surface area contributed by atoms with Gasteiger partial charge in [0.25, 0.3) is 5.91 Å². The van der Waals surface area contributed by atoms with E-state index in [1.54, 1.807) is 25.3 Å². The van der Waals surface area contributed by atoms with Crippen molar-refractivity contribution in [3.05, 3.63) is 52.3 Å². The fraction of sp³-hybridized carbons (Fsp3) is 0.517. The molecule has 0 radical (unpaired) electrons. The lowest BCUT2D eigenvalue weighted by Gasteiger charge is -2.54. The fourth-order valence-corrected chi connectivity index (χ4v) is 5.79. The third-order valence-corrected chi connectivity index (χ3v) is 8.70. The Morgan fingerprint density at radius 2 is 1.74 bits per heavy atom. The van der Waals surface area contributed by atoms with Crippen LogP contribution in [0.5, 0.6) is 17.2 Å². The van der Waals surface area contributed by atoms with Crippen LogP contribution < -0.4 is 19.5 Å². The molecule has 38 heavy (non-hydrogen) atoms. The van der Waals surface area contributed by atoms with Crippen molar-refractivity contribution in [1.82, 2.24) is 10.2 Å². The van der Waals surface area contributed by atoms with Crippen LogP contribution >= 0.6 is 11.6 Å². The highest BCUT2D eigenvalue weighted by Gasteiger charge is 2.49. The zero-order valence-corrected chi connectivity index (χ0v) is 22.6. The number of benzene rings is 2. The number of amides is 2. The number of rotatable bonds is 9. The van der Waals surface area contributed by atoms with Crippen LogP contribution in [0, 0.1) is 17.2 Å². The van der Waals surface area contributed by atoms with Crippen molar-refractivity contribution in [2.75, 3.05) is 33.9 Å². The number of nitrogens with zero attached hydrogens (tertiary/aromatic N) is 1. The first-order chi connectivity index (χ1) is 18.3. The van der Waals surface area contributed by atoms with Gasteiger partial charge in [-0.05, 0) is 80.2 Å². The van der Waals surface area contributed by atoms with Crippen LogP contribution in [0.2, 0.25) is 5.02 Å². The number of halogens is 2. The standard InChI is InChI=1S/C29H34ClFN2O5/c1-36-22-7-5-19(15-24(22)38-17-18-3-4-18)28(35)33-13-11-29(12-14-33)10-9-25(29)32-26(34)16-20-21(30)6-8-23(37-2)27(20)31/h5-8,15,18,25H,3-4,9-14,16-17H2,1-2H3,(H,32,34). The number of carbonyl (C=O) groups is 2. The predicted molar refractivity (Wildman–Crippen MR) is 142 cm³/mol. The summed E-state index contributed by atoms with van der Waals surface area (Å²) in [5.41, 5.74) is 0.683. The molecular weight excluding hydrogens is 511 g/mol. The molecule has 204 valence electrons. The molecule has 2 saturated carbocycles. The quantitative estimate of drug-likeness (QED) is 0.479. The molecule has 1 aliphatic heterocycles. The van der Waals surface area contributed by atoms with Crippen molar-refractivity contribution in [2.24, 2.45) is 11.3 Å². The van der Waals surface area contributed by atoms with E-state index in [0.29, 0.717) is 42.7 Å². The van der Waals surface area contributed by atoms with Crippen molar-refractivity contribution in [3.63, 3.8) is 0 Å². The minimum atomic E-state index is -0.607. The molecule has 1 atom stereocenters. The van der Waals surface area contributed by atoms with E-state index in [4.69, 9.17) is 25.8 Å². The van der Waals surface area contributed by atoms with E-state index in [9.17, 15) is 14.0 Å². The Kier molecular flexibility index (Phi) is 7.70. The average Bonchev–Trinajstić information content (AvgIpc) is 3.76. The zero-order chi connectivity index (χ0) is 26.9. The molecule has 2 aliphatic carbocycles. The van der Waals surface area contributed by atoms with E-state index in [2.05, 4.69) is 5.32 Å². The molecule has 3 fully saturated rings. The lowest BCUT2D eigenvalue weighted by Crippen LogP contribution is -2.59. The van der Waals surface area contributed by atoms with Gasteiger partial charge < -0.3 is 24.4 Å². The third-order valence-electron chi connectivity index (χ3n) is 8.34. The summed E-state index contributed by atoms with van der Waals surface area (Å²) in [6, 6.07) is 8.34. The maximum absolute atomic E-state index is 14.6. The Bertz CT molecular complexity index is 1210. The van der Waals surface area contributed by atoms with Gasteiger partial charge in [-0.1, -0.05) is 11.6 Å². The molecule has 9 heteroatoms. The Labute approximate surface area is 227 Å². The summed E-state index contributed by atoms with van der Waals surface area (Å²) in [5, 5.41) is 3.30. The SMILES string of the molecule is COc1ccc(C(=O)N2CCC3(CCC3NC(=O)Cc3c(Cl)ccc(OC)c3F)CC2)cc1OCC1CC1. The molecule has 1 spiro atoms. The highest BCUT2D eigenvalue weighted by Crippen LogP contribution is 2.49. The number of hydrogen-bond donors (Lipinski definition) is 1. The number of methoxy groups -OCH3 is 2. The zero-order valence-electron chi connectivity index (χ0n) is 21.9. The van der Waals surface area contributed by atoms with Gasteiger partial charge in [0.15, 0.2) is 23.1 Å². The van der Waals surface area contributed by atoms with Gasteiger partial charge in [0, 0.05) is 35.3 Å². The summed E-state index contributed by atoms with van der Waals surface area (Å²) < 4.78 is 31.0. The minimum Gasteiger partial charge on any atom is -0.494 e. The maximum Gasteiger partial charge on any atom is 0.253 e. The predicted octanol–water partition coefficient (Wildman–Crippen LogP) is 5.03. The number of carbonyl (C=O) groups excluding carboxylic acids is 2. The summed E-state index contributed by atoms with van der Waals surface area (Å²) in [7, 11) is 2.97. The van der Waals surface area contributed by atoms with E-state index in [1.807, 2.05) is 4.90 Å². The van der Waals surface area contributed by atoms with Crippen molar-refractivity contribution in [1.29, 1.82) is 0 Å². The van der Waals surface area contributed by atoms with Crippen molar-refractivity contribution >= 4 is 23.4 Å². The smallest absolute Gasteiger partial charge is 0.253 e. The minimum absolute atomic E-state index is 0.00288. The molecule has 7 nitrogen and oxygen atoms in total. The van der Waals surface area contributed by atoms with Gasteiger partial charge in [-0.25, -0.2) is 4.39 Å². The molecule has 1 heterocycles. The topological polar surface area (TPSA) is 77.1 Å². The normalized spacial score (nSPS) is 20.0. The second-order valence-corrected chi connectivity index (χ2v) is 11.1. The van der Waals surface area contributed by atoms with Crippen LogP contribution in [0.4, 0.5) is 4.39 Å². The van der Waals surface area contributed by atoms with Crippen molar-refractivity contribution in [2.45, 2.75) is 51.0 Å². The van der Waals surface area contributed by atoms with Crippen molar-refractivity contribution < 1.29 is 28.2 Å². The van der Waals surface area contributed by atoms with E-state index < -0.39 is 5.82 Å². The van der Waals surface area contributed by atoms with Crippen LogP contribution in [0.3, 0.4) is 0 Å². The lowest BCUT2D eigenvalue weighted by molar-refractivity contribution is -0.124. The Morgan fingerprint density at radius 3 is 2.37 bits per heavy atom. The molecule has 0 bridgehead atoms. The van der Waals surface area contributed by atoms with Crippen LogP contribution in [0.15, 0.2) is 30.3 Å². The van der Waals surface area contributed by atoms with Gasteiger partial charge in [-0.3, -0.25) is 9.59 Å². The van der Waals surface area contributed by atoms with Crippen LogP contribution in [0.1, 0.15) is 54.4 Å². The van der Waals surface area contributed by atoms with E-state index in [1.165, 1.54) is 32.1 Å². The van der Waals surface area contributed by atoms with Crippen LogP contribution in [-0.2, 0) is 11.2 Å². The number of nitrogens with one attached hydrogen (secondary N) is 1. The molecule has 1 unspecified atom stereocenters. The summed E-state index contributed by atoms with van der Waals surface area (Å²) in [4.78, 5) is 28.0. The molecule has 0 aromatic heterocycles. The molecule has 3 aliphatic rings. The van der Waals surface area contributed by atoms with Gasteiger partial charge in [0.1, 0.15) is 0 Å². The maximum atomic E-state index is 14.6. The number of piperidine rings is 1. The summed E-state index contributed by atoms with van der Waals surface area (Å²) in [6.45, 7) is 1.88. The van der Waals surface area contributed by atoms with Gasteiger partial charge >= 0.3 is 0 Å². The molecule has 1 saturated heterocycles. The molecular formula is C29H34ClFN2O5. The number of hydrogen-bond acceptors (Lipinski definition) is 5. The van der Waals surface area contributed by atoms with E-state index in [-0.39, 0.29) is 46.0 Å². The summed E-state index contributed by atoms with van der Waals surface area (Å²) >= 11 is 6.16. The first kappa shape index (κ1) is 26.6. The molecule has 2 amide bonds. The summed E-state index contributed by atoms with van der Waals surface area (Å²) in [5.74, 6) is 0.994. The monoisotopic (exact) mass is 544 g/mol. The van der Waals surface area contributed by atoms with Crippen molar-refractivity contribution in [3.8, 4) is 17.2 Å². The van der Waals surface area contributed by atoms with Gasteiger partial charge in [0.05, 0.1) is 27.2 Å². The molecule has 5 rings (SSSR count). The average molecular weight is 545 g/mol. The number of likely N-dealkylation sites (tertiary alicyclic amines) is 1. The third kappa shape index (κ3) is 5.41. The van der Waals surface area contributed by atoms with Gasteiger partial charge in [0.2, 0.25) is 5.91 Å². The largest absolute Gasteiger partial charge is 0.494 e.